The second-order valence-electron chi connectivity index (χ2n) is 2.74. The first-order valence-corrected chi connectivity index (χ1v) is 4.12. The molecular weight excluding hydrogens is 215 g/mol. The zero-order valence-corrected chi connectivity index (χ0v) is 8.10. The number of hydrazine groups is 2. The Morgan fingerprint density at radius 2 is 2.13 bits per heavy atom. The van der Waals surface area contributed by atoms with Gasteiger partial charge in [0.25, 0.3) is 0 Å². The Hall–Kier alpha value is -1.44. The van der Waals surface area contributed by atoms with E-state index in [4.69, 9.17) is 0 Å². The second-order valence-corrected chi connectivity index (χ2v) is 2.74. The largest absolute Gasteiger partial charge is 0.461 e. The summed E-state index contributed by atoms with van der Waals surface area (Å²) in [5, 5.41) is 0.673. The van der Waals surface area contributed by atoms with Crippen LogP contribution in [0.25, 0.3) is 0 Å². The number of rotatable bonds is 2. The van der Waals surface area contributed by atoms with Crippen LogP contribution in [0, 0.1) is 0 Å². The number of carbonyl (C=O) groups excluding carboxylic acids is 1. The maximum Gasteiger partial charge on any atom is 0.434 e. The van der Waals surface area contributed by atoms with Gasteiger partial charge in [-0.25, -0.2) is 4.79 Å². The van der Waals surface area contributed by atoms with Gasteiger partial charge in [-0.2, -0.15) is 13.2 Å². The average molecular weight is 225 g/mol. The Kier molecular flexibility index (Phi) is 3.08. The van der Waals surface area contributed by atoms with Crippen LogP contribution in [0.3, 0.4) is 0 Å². The van der Waals surface area contributed by atoms with Crippen LogP contribution in [0.15, 0.2) is 11.4 Å². The zero-order chi connectivity index (χ0) is 11.6. The van der Waals surface area contributed by atoms with Gasteiger partial charge in [0.15, 0.2) is 11.4 Å². The maximum absolute atomic E-state index is 12.5. The van der Waals surface area contributed by atoms with E-state index in [-0.39, 0.29) is 6.61 Å². The first-order chi connectivity index (χ1) is 6.88. The molecule has 0 amide bonds. The number of carbonyl (C=O) groups is 1. The Bertz CT molecular complexity index is 300. The summed E-state index contributed by atoms with van der Waals surface area (Å²) in [6.07, 6.45) is -4.62. The van der Waals surface area contributed by atoms with E-state index in [0.29, 0.717) is 5.01 Å². The molecule has 8 heteroatoms. The molecule has 2 N–H and O–H groups in total. The second kappa shape index (κ2) is 3.97. The maximum atomic E-state index is 12.5. The van der Waals surface area contributed by atoms with Crippen molar-refractivity contribution in [2.24, 2.45) is 0 Å². The SMILES string of the molecule is CCOC(=O)C1=C(C(F)(F)F)N(C)NN1. The standard InChI is InChI=1S/C7H10F3N3O2/c1-3-15-6(14)4-5(7(8,9)10)13(2)12-11-4/h11-12H,3H2,1-2H3. The summed E-state index contributed by atoms with van der Waals surface area (Å²) in [7, 11) is 1.14. The van der Waals surface area contributed by atoms with Gasteiger partial charge in [0, 0.05) is 7.05 Å². The van der Waals surface area contributed by atoms with Crippen molar-refractivity contribution in [2.45, 2.75) is 13.1 Å². The minimum absolute atomic E-state index is 0.0128. The molecule has 5 nitrogen and oxygen atoms in total. The minimum atomic E-state index is -4.62. The fraction of sp³-hybridized carbons (Fsp3) is 0.571. The fourth-order valence-electron chi connectivity index (χ4n) is 1.11. The van der Waals surface area contributed by atoms with E-state index in [1.807, 2.05) is 0 Å². The lowest BCUT2D eigenvalue weighted by molar-refractivity contribution is -0.140. The number of esters is 1. The van der Waals surface area contributed by atoms with Gasteiger partial charge in [-0.05, 0) is 6.92 Å². The molecular formula is C7H10F3N3O2. The number of ether oxygens (including phenoxy) is 1. The van der Waals surface area contributed by atoms with Gasteiger partial charge in [-0.3, -0.25) is 10.4 Å². The molecule has 1 aliphatic rings. The first kappa shape index (κ1) is 11.6. The van der Waals surface area contributed by atoms with Crippen LogP contribution in [0.1, 0.15) is 6.92 Å². The zero-order valence-electron chi connectivity index (χ0n) is 8.10. The summed E-state index contributed by atoms with van der Waals surface area (Å²) in [5.41, 5.74) is 2.53. The minimum Gasteiger partial charge on any atom is -0.461 e. The lowest BCUT2D eigenvalue weighted by Gasteiger charge is -2.16. The molecule has 0 unspecified atom stereocenters. The van der Waals surface area contributed by atoms with Gasteiger partial charge in [0.2, 0.25) is 0 Å². The number of alkyl halides is 3. The van der Waals surface area contributed by atoms with Crippen molar-refractivity contribution in [2.75, 3.05) is 13.7 Å². The topological polar surface area (TPSA) is 53.6 Å². The van der Waals surface area contributed by atoms with Crippen LogP contribution in [-0.2, 0) is 9.53 Å². The summed E-state index contributed by atoms with van der Waals surface area (Å²) in [5.74, 6) is -1.04. The van der Waals surface area contributed by atoms with E-state index in [1.165, 1.54) is 6.92 Å². The Morgan fingerprint density at radius 1 is 1.53 bits per heavy atom. The van der Waals surface area contributed by atoms with E-state index in [1.54, 1.807) is 0 Å². The number of halogens is 3. The highest BCUT2D eigenvalue weighted by Crippen LogP contribution is 2.30. The number of allylic oxidation sites excluding steroid dienone is 1. The number of hydrogen-bond donors (Lipinski definition) is 2. The fourth-order valence-corrected chi connectivity index (χ4v) is 1.11. The quantitative estimate of drug-likeness (QED) is 0.661. The van der Waals surface area contributed by atoms with E-state index >= 15 is 0 Å². The third-order valence-corrected chi connectivity index (χ3v) is 1.67. The van der Waals surface area contributed by atoms with Gasteiger partial charge in [0.1, 0.15) is 0 Å². The van der Waals surface area contributed by atoms with Gasteiger partial charge in [-0.15, -0.1) is 5.53 Å². The van der Waals surface area contributed by atoms with Crippen molar-refractivity contribution in [3.8, 4) is 0 Å². The first-order valence-electron chi connectivity index (χ1n) is 4.12. The predicted octanol–water partition coefficient (Wildman–Crippen LogP) is 0.278. The average Bonchev–Trinajstić information content (AvgIpc) is 2.46. The van der Waals surface area contributed by atoms with Gasteiger partial charge in [-0.1, -0.05) is 0 Å². The number of hydrogen-bond acceptors (Lipinski definition) is 5. The lowest BCUT2D eigenvalue weighted by atomic mass is 10.3. The molecule has 0 atom stereocenters. The van der Waals surface area contributed by atoms with Crippen molar-refractivity contribution >= 4 is 5.97 Å². The molecule has 0 aliphatic carbocycles. The summed E-state index contributed by atoms with van der Waals surface area (Å²) >= 11 is 0. The van der Waals surface area contributed by atoms with E-state index in [0.717, 1.165) is 7.05 Å². The molecule has 1 aliphatic heterocycles. The Balaban J connectivity index is 3.01. The smallest absolute Gasteiger partial charge is 0.434 e. The summed E-state index contributed by atoms with van der Waals surface area (Å²) < 4.78 is 41.9. The van der Waals surface area contributed by atoms with Crippen LogP contribution in [-0.4, -0.2) is 30.8 Å². The van der Waals surface area contributed by atoms with Gasteiger partial charge < -0.3 is 4.74 Å². The molecule has 1 heterocycles. The highest BCUT2D eigenvalue weighted by atomic mass is 19.4. The highest BCUT2D eigenvalue weighted by Gasteiger charge is 2.44. The molecule has 0 spiro atoms. The van der Waals surface area contributed by atoms with Crippen LogP contribution >= 0.6 is 0 Å². The van der Waals surface area contributed by atoms with Crippen LogP contribution in [0.4, 0.5) is 13.2 Å². The molecule has 0 bridgehead atoms. The normalized spacial score (nSPS) is 16.7. The third-order valence-electron chi connectivity index (χ3n) is 1.67. The highest BCUT2D eigenvalue weighted by molar-refractivity contribution is 5.89. The van der Waals surface area contributed by atoms with Crippen LogP contribution < -0.4 is 11.0 Å². The molecule has 1 rings (SSSR count). The van der Waals surface area contributed by atoms with E-state index < -0.39 is 23.5 Å². The molecule has 0 saturated heterocycles. The Labute approximate surface area is 83.8 Å². The van der Waals surface area contributed by atoms with Crippen molar-refractivity contribution < 1.29 is 22.7 Å². The number of nitrogens with zero attached hydrogens (tertiary/aromatic N) is 1. The van der Waals surface area contributed by atoms with Gasteiger partial charge >= 0.3 is 12.1 Å². The monoisotopic (exact) mass is 225 g/mol. The van der Waals surface area contributed by atoms with Crippen LogP contribution in [0.2, 0.25) is 0 Å². The summed E-state index contributed by atoms with van der Waals surface area (Å²) in [6.45, 7) is 1.52. The molecule has 15 heavy (non-hydrogen) atoms. The predicted molar refractivity (Wildman–Crippen MR) is 43.7 cm³/mol. The number of nitrogens with one attached hydrogen (secondary N) is 2. The van der Waals surface area contributed by atoms with Gasteiger partial charge in [0.05, 0.1) is 6.61 Å². The van der Waals surface area contributed by atoms with Crippen molar-refractivity contribution in [3.05, 3.63) is 11.4 Å². The van der Waals surface area contributed by atoms with Crippen molar-refractivity contribution in [1.82, 2.24) is 16.0 Å². The molecule has 86 valence electrons. The van der Waals surface area contributed by atoms with E-state index in [2.05, 4.69) is 15.7 Å². The lowest BCUT2D eigenvalue weighted by Crippen LogP contribution is -2.37. The summed E-state index contributed by atoms with van der Waals surface area (Å²) in [6, 6.07) is 0. The Morgan fingerprint density at radius 3 is 2.60 bits per heavy atom. The van der Waals surface area contributed by atoms with Crippen molar-refractivity contribution in [3.63, 3.8) is 0 Å². The molecule has 0 fully saturated rings. The molecule has 0 aromatic rings. The van der Waals surface area contributed by atoms with E-state index in [9.17, 15) is 18.0 Å². The molecule has 0 aromatic heterocycles. The van der Waals surface area contributed by atoms with Crippen molar-refractivity contribution in [1.29, 1.82) is 0 Å². The third kappa shape index (κ3) is 2.32. The molecule has 0 aromatic carbocycles. The van der Waals surface area contributed by atoms with Crippen LogP contribution in [0.5, 0.6) is 0 Å². The molecule has 0 radical (unpaired) electrons. The molecule has 0 saturated carbocycles. The summed E-state index contributed by atoms with van der Waals surface area (Å²) in [4.78, 5) is 11.1.